The van der Waals surface area contributed by atoms with Gasteiger partial charge in [-0.05, 0) is 32.8 Å². The zero-order chi connectivity index (χ0) is 12.7. The third kappa shape index (κ3) is 1.95. The molecule has 0 radical (unpaired) electrons. The van der Waals surface area contributed by atoms with E-state index in [-0.39, 0.29) is 0 Å². The molecule has 18 heavy (non-hydrogen) atoms. The van der Waals surface area contributed by atoms with Crippen molar-refractivity contribution in [1.29, 1.82) is 0 Å². The van der Waals surface area contributed by atoms with Crippen LogP contribution in [0.1, 0.15) is 36.0 Å². The van der Waals surface area contributed by atoms with Gasteiger partial charge in [-0.25, -0.2) is 20.5 Å². The largest absolute Gasteiger partial charge is 0.308 e. The summed E-state index contributed by atoms with van der Waals surface area (Å²) in [7, 11) is 0. The quantitative estimate of drug-likeness (QED) is 0.630. The summed E-state index contributed by atoms with van der Waals surface area (Å²) in [5.74, 6) is 8.20. The highest BCUT2D eigenvalue weighted by Gasteiger charge is 2.27. The third-order valence-electron chi connectivity index (χ3n) is 3.05. The lowest BCUT2D eigenvalue weighted by Crippen LogP contribution is -2.13. The second-order valence-electron chi connectivity index (χ2n) is 4.73. The van der Waals surface area contributed by atoms with Gasteiger partial charge in [-0.15, -0.1) is 0 Å². The van der Waals surface area contributed by atoms with Gasteiger partial charge in [0, 0.05) is 17.7 Å². The molecule has 0 saturated heterocycles. The summed E-state index contributed by atoms with van der Waals surface area (Å²) in [4.78, 5) is 8.97. The average Bonchev–Trinajstić information content (AvgIpc) is 3.14. The SMILES string of the molecule is Cc1cc(C)n(-c2cc(NN)nc(C3CC3)n2)n1. The number of hydrogen-bond acceptors (Lipinski definition) is 5. The zero-order valence-electron chi connectivity index (χ0n) is 10.5. The van der Waals surface area contributed by atoms with Crippen LogP contribution < -0.4 is 11.3 Å². The Labute approximate surface area is 105 Å². The second kappa shape index (κ2) is 4.06. The highest BCUT2D eigenvalue weighted by atomic mass is 15.3. The number of nitrogens with two attached hydrogens (primary N) is 1. The highest BCUT2D eigenvalue weighted by molar-refractivity contribution is 5.42. The van der Waals surface area contributed by atoms with Crippen molar-refractivity contribution in [3.05, 3.63) is 29.3 Å². The van der Waals surface area contributed by atoms with Gasteiger partial charge in [0.15, 0.2) is 5.82 Å². The standard InChI is InChI=1S/C12H16N6/c1-7-5-8(2)18(17-7)11-6-10(16-13)14-12(15-11)9-3-4-9/h5-6,9H,3-4,13H2,1-2H3,(H,14,15,16). The van der Waals surface area contributed by atoms with E-state index in [9.17, 15) is 0 Å². The number of nitrogens with zero attached hydrogens (tertiary/aromatic N) is 4. The van der Waals surface area contributed by atoms with Crippen molar-refractivity contribution in [3.8, 4) is 5.82 Å². The molecule has 6 nitrogen and oxygen atoms in total. The fourth-order valence-electron chi connectivity index (χ4n) is 2.02. The molecule has 1 saturated carbocycles. The molecule has 0 atom stereocenters. The lowest BCUT2D eigenvalue weighted by atomic mass is 10.3. The van der Waals surface area contributed by atoms with E-state index in [2.05, 4.69) is 20.5 Å². The molecule has 94 valence electrons. The van der Waals surface area contributed by atoms with Gasteiger partial charge >= 0.3 is 0 Å². The smallest absolute Gasteiger partial charge is 0.159 e. The summed E-state index contributed by atoms with van der Waals surface area (Å²) in [5.41, 5.74) is 4.62. The van der Waals surface area contributed by atoms with Gasteiger partial charge in [0.2, 0.25) is 0 Å². The Balaban J connectivity index is 2.10. The van der Waals surface area contributed by atoms with E-state index in [1.54, 1.807) is 0 Å². The molecule has 2 heterocycles. The third-order valence-corrected chi connectivity index (χ3v) is 3.05. The first kappa shape index (κ1) is 11.2. The van der Waals surface area contributed by atoms with Crippen molar-refractivity contribution in [2.75, 3.05) is 5.43 Å². The van der Waals surface area contributed by atoms with Gasteiger partial charge in [0.05, 0.1) is 5.69 Å². The number of anilines is 1. The van der Waals surface area contributed by atoms with Crippen LogP contribution >= 0.6 is 0 Å². The predicted octanol–water partition coefficient (Wildman–Crippen LogP) is 1.44. The van der Waals surface area contributed by atoms with Crippen LogP contribution in [0.15, 0.2) is 12.1 Å². The number of nitrogens with one attached hydrogen (secondary N) is 1. The lowest BCUT2D eigenvalue weighted by Gasteiger charge is -2.08. The monoisotopic (exact) mass is 244 g/mol. The first-order chi connectivity index (χ1) is 8.67. The minimum atomic E-state index is 0.481. The van der Waals surface area contributed by atoms with E-state index < -0.39 is 0 Å². The highest BCUT2D eigenvalue weighted by Crippen LogP contribution is 2.38. The van der Waals surface area contributed by atoms with Crippen LogP contribution in [0, 0.1) is 13.8 Å². The van der Waals surface area contributed by atoms with Crippen LogP contribution in [0.3, 0.4) is 0 Å². The molecule has 0 spiro atoms. The maximum absolute atomic E-state index is 5.46. The molecule has 0 aromatic carbocycles. The number of aryl methyl sites for hydroxylation is 2. The van der Waals surface area contributed by atoms with Crippen molar-refractivity contribution in [2.24, 2.45) is 5.84 Å². The zero-order valence-corrected chi connectivity index (χ0v) is 10.5. The van der Waals surface area contributed by atoms with Crippen LogP contribution in [-0.4, -0.2) is 19.7 Å². The molecule has 2 aromatic heterocycles. The molecule has 3 N–H and O–H groups in total. The van der Waals surface area contributed by atoms with Gasteiger partial charge in [0.25, 0.3) is 0 Å². The van der Waals surface area contributed by atoms with Gasteiger partial charge in [-0.2, -0.15) is 5.10 Å². The number of hydrazine groups is 1. The topological polar surface area (TPSA) is 81.7 Å². The molecule has 0 bridgehead atoms. The number of rotatable bonds is 3. The minimum absolute atomic E-state index is 0.481. The normalized spacial score (nSPS) is 14.8. The van der Waals surface area contributed by atoms with Crippen molar-refractivity contribution in [1.82, 2.24) is 19.7 Å². The van der Waals surface area contributed by atoms with Crippen LogP contribution in [-0.2, 0) is 0 Å². The molecule has 0 aliphatic heterocycles. The summed E-state index contributed by atoms with van der Waals surface area (Å²) in [5, 5.41) is 4.43. The minimum Gasteiger partial charge on any atom is -0.308 e. The molecule has 0 unspecified atom stereocenters. The first-order valence-electron chi connectivity index (χ1n) is 6.06. The average molecular weight is 244 g/mol. The summed E-state index contributed by atoms with van der Waals surface area (Å²) in [6.07, 6.45) is 2.31. The molecule has 6 heteroatoms. The Morgan fingerprint density at radius 1 is 1.28 bits per heavy atom. The fourth-order valence-corrected chi connectivity index (χ4v) is 2.02. The Bertz CT molecular complexity index is 584. The molecule has 3 rings (SSSR count). The Morgan fingerprint density at radius 2 is 2.06 bits per heavy atom. The van der Waals surface area contributed by atoms with E-state index in [4.69, 9.17) is 5.84 Å². The van der Waals surface area contributed by atoms with Crippen molar-refractivity contribution in [2.45, 2.75) is 32.6 Å². The summed E-state index contributed by atoms with van der Waals surface area (Å²) in [6.45, 7) is 3.98. The Kier molecular flexibility index (Phi) is 2.52. The number of hydrogen-bond donors (Lipinski definition) is 2. The molecule has 1 fully saturated rings. The maximum Gasteiger partial charge on any atom is 0.159 e. The van der Waals surface area contributed by atoms with E-state index in [1.165, 1.54) is 0 Å². The van der Waals surface area contributed by atoms with Crippen LogP contribution in [0.4, 0.5) is 5.82 Å². The van der Waals surface area contributed by atoms with Gasteiger partial charge in [0.1, 0.15) is 11.6 Å². The lowest BCUT2D eigenvalue weighted by molar-refractivity contribution is 0.781. The van der Waals surface area contributed by atoms with Gasteiger partial charge in [-0.1, -0.05) is 0 Å². The van der Waals surface area contributed by atoms with Gasteiger partial charge in [-0.3, -0.25) is 0 Å². The molecular formula is C12H16N6. The molecule has 1 aliphatic rings. The van der Waals surface area contributed by atoms with Gasteiger partial charge < -0.3 is 5.43 Å². The molecule has 1 aliphatic carbocycles. The van der Waals surface area contributed by atoms with Crippen LogP contribution in [0.5, 0.6) is 0 Å². The predicted molar refractivity (Wildman–Crippen MR) is 68.4 cm³/mol. The van der Waals surface area contributed by atoms with Crippen molar-refractivity contribution >= 4 is 5.82 Å². The first-order valence-corrected chi connectivity index (χ1v) is 6.06. The van der Waals surface area contributed by atoms with Crippen molar-refractivity contribution < 1.29 is 0 Å². The Morgan fingerprint density at radius 3 is 2.61 bits per heavy atom. The van der Waals surface area contributed by atoms with Crippen molar-refractivity contribution in [3.63, 3.8) is 0 Å². The molecule has 0 amide bonds. The van der Waals surface area contributed by atoms with Crippen LogP contribution in [0.25, 0.3) is 5.82 Å². The molecular weight excluding hydrogens is 228 g/mol. The summed E-state index contributed by atoms with van der Waals surface area (Å²) in [6, 6.07) is 3.83. The maximum atomic E-state index is 5.46. The van der Waals surface area contributed by atoms with E-state index in [0.29, 0.717) is 11.7 Å². The Hall–Kier alpha value is -1.95. The number of nitrogen functional groups attached to an aromatic ring is 1. The molecule has 2 aromatic rings. The van der Waals surface area contributed by atoms with E-state index in [0.717, 1.165) is 35.9 Å². The summed E-state index contributed by atoms with van der Waals surface area (Å²) < 4.78 is 1.82. The summed E-state index contributed by atoms with van der Waals surface area (Å²) >= 11 is 0. The fraction of sp³-hybridized carbons (Fsp3) is 0.417. The van der Waals surface area contributed by atoms with Crippen LogP contribution in [0.2, 0.25) is 0 Å². The van der Waals surface area contributed by atoms with E-state index >= 15 is 0 Å². The second-order valence-corrected chi connectivity index (χ2v) is 4.73. The number of aromatic nitrogens is 4. The van der Waals surface area contributed by atoms with E-state index in [1.807, 2.05) is 30.7 Å².